The second-order valence-corrected chi connectivity index (χ2v) is 8.56. The Morgan fingerprint density at radius 2 is 1.79 bits per heavy atom. The average Bonchev–Trinajstić information content (AvgIpc) is 3.11. The molecular weight excluding hydrogens is 378 g/mol. The molecule has 7 nitrogen and oxygen atoms in total. The zero-order chi connectivity index (χ0) is 20.1. The molecule has 3 rings (SSSR count). The van der Waals surface area contributed by atoms with Crippen LogP contribution in [0.4, 0.5) is 5.69 Å². The van der Waals surface area contributed by atoms with Crippen molar-refractivity contribution in [3.63, 3.8) is 0 Å². The van der Waals surface area contributed by atoms with Crippen LogP contribution in [0, 0.1) is 10.1 Å². The number of nitrogens with zero attached hydrogens (tertiary/aromatic N) is 2. The van der Waals surface area contributed by atoms with E-state index in [1.807, 2.05) is 37.4 Å². The van der Waals surface area contributed by atoms with Crippen molar-refractivity contribution in [1.29, 1.82) is 0 Å². The van der Waals surface area contributed by atoms with Crippen LogP contribution in [0.1, 0.15) is 25.3 Å². The van der Waals surface area contributed by atoms with Crippen molar-refractivity contribution in [2.45, 2.75) is 31.1 Å². The van der Waals surface area contributed by atoms with Crippen LogP contribution in [0.3, 0.4) is 0 Å². The molecule has 0 saturated heterocycles. The molecule has 0 aliphatic heterocycles. The van der Waals surface area contributed by atoms with E-state index in [1.165, 1.54) is 28.6 Å². The fourth-order valence-corrected chi connectivity index (χ4v) is 4.64. The van der Waals surface area contributed by atoms with E-state index in [2.05, 4.69) is 4.98 Å². The molecule has 8 heteroatoms. The van der Waals surface area contributed by atoms with Gasteiger partial charge in [0.05, 0.1) is 9.82 Å². The van der Waals surface area contributed by atoms with Crippen LogP contribution < -0.4 is 0 Å². The Morgan fingerprint density at radius 3 is 2.46 bits per heavy atom. The number of hydrogen-bond donors (Lipinski definition) is 1. The van der Waals surface area contributed by atoms with Gasteiger partial charge in [-0.3, -0.25) is 10.1 Å². The van der Waals surface area contributed by atoms with E-state index in [9.17, 15) is 18.5 Å². The number of aromatic nitrogens is 1. The summed E-state index contributed by atoms with van der Waals surface area (Å²) in [5, 5.41) is 11.9. The van der Waals surface area contributed by atoms with Crippen molar-refractivity contribution >= 4 is 26.6 Å². The quantitative estimate of drug-likeness (QED) is 0.431. The molecule has 0 aliphatic carbocycles. The number of H-pyrrole nitrogens is 1. The van der Waals surface area contributed by atoms with Crippen LogP contribution in [0.15, 0.2) is 59.6 Å². The fourth-order valence-electron chi connectivity index (χ4n) is 3.16. The summed E-state index contributed by atoms with van der Waals surface area (Å²) in [5.74, 6) is 0. The second kappa shape index (κ2) is 8.53. The SMILES string of the molecule is CCCCN(CCc1c[nH]c2ccccc12)S(=O)(=O)c1ccc([N+](=O)[O-])cc1. The van der Waals surface area contributed by atoms with Gasteiger partial charge in [-0.25, -0.2) is 8.42 Å². The lowest BCUT2D eigenvalue weighted by Gasteiger charge is -2.22. The summed E-state index contributed by atoms with van der Waals surface area (Å²) < 4.78 is 27.7. The number of sulfonamides is 1. The number of para-hydroxylation sites is 1. The molecule has 0 aliphatic rings. The second-order valence-electron chi connectivity index (χ2n) is 6.62. The molecule has 148 valence electrons. The number of rotatable bonds is 9. The summed E-state index contributed by atoms with van der Waals surface area (Å²) in [5.41, 5.74) is 1.96. The van der Waals surface area contributed by atoms with Crippen molar-refractivity contribution in [3.05, 3.63) is 70.4 Å². The van der Waals surface area contributed by atoms with Gasteiger partial charge in [-0.1, -0.05) is 31.5 Å². The number of unbranched alkanes of at least 4 members (excludes halogenated alkanes) is 1. The Hall–Kier alpha value is -2.71. The van der Waals surface area contributed by atoms with Gasteiger partial charge in [0, 0.05) is 42.3 Å². The molecule has 0 bridgehead atoms. The van der Waals surface area contributed by atoms with E-state index in [0.29, 0.717) is 19.5 Å². The van der Waals surface area contributed by atoms with Crippen LogP contribution in [0.2, 0.25) is 0 Å². The van der Waals surface area contributed by atoms with Crippen molar-refractivity contribution in [2.75, 3.05) is 13.1 Å². The Labute approximate surface area is 164 Å². The molecule has 0 spiro atoms. The Balaban J connectivity index is 1.82. The maximum Gasteiger partial charge on any atom is 0.269 e. The standard InChI is InChI=1S/C20H23N3O4S/c1-2-3-13-22(14-12-16-15-21-20-7-5-4-6-19(16)20)28(26,27)18-10-8-17(9-11-18)23(24)25/h4-11,15,21H,2-3,12-14H2,1H3. The van der Waals surface area contributed by atoms with E-state index in [-0.39, 0.29) is 10.6 Å². The van der Waals surface area contributed by atoms with E-state index >= 15 is 0 Å². The minimum Gasteiger partial charge on any atom is -0.361 e. The molecule has 0 atom stereocenters. The number of aromatic amines is 1. The lowest BCUT2D eigenvalue weighted by Crippen LogP contribution is -2.34. The highest BCUT2D eigenvalue weighted by Crippen LogP contribution is 2.22. The van der Waals surface area contributed by atoms with Crippen LogP contribution in [0.25, 0.3) is 10.9 Å². The third-order valence-electron chi connectivity index (χ3n) is 4.75. The molecule has 0 amide bonds. The molecule has 1 aromatic heterocycles. The van der Waals surface area contributed by atoms with E-state index < -0.39 is 14.9 Å². The molecule has 0 unspecified atom stereocenters. The predicted octanol–water partition coefficient (Wildman–Crippen LogP) is 4.11. The van der Waals surface area contributed by atoms with Gasteiger partial charge in [0.25, 0.3) is 5.69 Å². The summed E-state index contributed by atoms with van der Waals surface area (Å²) in [6.45, 7) is 2.77. The predicted molar refractivity (Wildman–Crippen MR) is 109 cm³/mol. The van der Waals surface area contributed by atoms with Gasteiger partial charge in [-0.05, 0) is 36.6 Å². The van der Waals surface area contributed by atoms with Crippen molar-refractivity contribution in [1.82, 2.24) is 9.29 Å². The van der Waals surface area contributed by atoms with Crippen molar-refractivity contribution in [2.24, 2.45) is 0 Å². The molecule has 2 aromatic carbocycles. The fraction of sp³-hybridized carbons (Fsp3) is 0.300. The number of nitro groups is 1. The molecule has 1 heterocycles. The van der Waals surface area contributed by atoms with Gasteiger partial charge in [0.1, 0.15) is 0 Å². The van der Waals surface area contributed by atoms with Gasteiger partial charge < -0.3 is 4.98 Å². The van der Waals surface area contributed by atoms with E-state index in [1.54, 1.807) is 0 Å². The zero-order valence-electron chi connectivity index (χ0n) is 15.7. The van der Waals surface area contributed by atoms with E-state index in [0.717, 1.165) is 29.3 Å². The van der Waals surface area contributed by atoms with Crippen LogP contribution in [0.5, 0.6) is 0 Å². The van der Waals surface area contributed by atoms with Gasteiger partial charge >= 0.3 is 0 Å². The van der Waals surface area contributed by atoms with E-state index in [4.69, 9.17) is 0 Å². The van der Waals surface area contributed by atoms with Gasteiger partial charge in [-0.2, -0.15) is 4.31 Å². The Morgan fingerprint density at radius 1 is 1.07 bits per heavy atom. The molecular formula is C20H23N3O4S. The Kier molecular flexibility index (Phi) is 6.11. The molecule has 0 radical (unpaired) electrons. The number of nitro benzene ring substituents is 1. The van der Waals surface area contributed by atoms with Crippen molar-refractivity contribution < 1.29 is 13.3 Å². The lowest BCUT2D eigenvalue weighted by molar-refractivity contribution is -0.384. The van der Waals surface area contributed by atoms with Gasteiger partial charge in [0.15, 0.2) is 0 Å². The molecule has 1 N–H and O–H groups in total. The van der Waals surface area contributed by atoms with Gasteiger partial charge in [-0.15, -0.1) is 0 Å². The maximum absolute atomic E-state index is 13.1. The first-order chi connectivity index (χ1) is 13.4. The molecule has 0 saturated carbocycles. The maximum atomic E-state index is 13.1. The number of non-ortho nitro benzene ring substituents is 1. The van der Waals surface area contributed by atoms with Gasteiger partial charge in [0.2, 0.25) is 10.0 Å². The third-order valence-corrected chi connectivity index (χ3v) is 6.66. The topological polar surface area (TPSA) is 96.3 Å². The summed E-state index contributed by atoms with van der Waals surface area (Å²) in [6.07, 6.45) is 4.13. The molecule has 0 fully saturated rings. The summed E-state index contributed by atoms with van der Waals surface area (Å²) >= 11 is 0. The number of nitrogens with one attached hydrogen (secondary N) is 1. The number of hydrogen-bond acceptors (Lipinski definition) is 4. The summed E-state index contributed by atoms with van der Waals surface area (Å²) in [6, 6.07) is 13.0. The van der Waals surface area contributed by atoms with Crippen LogP contribution >= 0.6 is 0 Å². The third kappa shape index (κ3) is 4.23. The minimum atomic E-state index is -3.72. The van der Waals surface area contributed by atoms with Crippen LogP contribution in [-0.4, -0.2) is 35.7 Å². The van der Waals surface area contributed by atoms with Crippen LogP contribution in [-0.2, 0) is 16.4 Å². The monoisotopic (exact) mass is 401 g/mol. The largest absolute Gasteiger partial charge is 0.361 e. The summed E-state index contributed by atoms with van der Waals surface area (Å²) in [7, 11) is -3.72. The number of fused-ring (bicyclic) bond motifs is 1. The lowest BCUT2D eigenvalue weighted by atomic mass is 10.1. The highest BCUT2D eigenvalue weighted by atomic mass is 32.2. The smallest absolute Gasteiger partial charge is 0.269 e. The van der Waals surface area contributed by atoms with Crippen molar-refractivity contribution in [3.8, 4) is 0 Å². The summed E-state index contributed by atoms with van der Waals surface area (Å²) in [4.78, 5) is 13.6. The first-order valence-electron chi connectivity index (χ1n) is 9.23. The average molecular weight is 401 g/mol. The molecule has 3 aromatic rings. The highest BCUT2D eigenvalue weighted by Gasteiger charge is 2.24. The number of benzene rings is 2. The highest BCUT2D eigenvalue weighted by molar-refractivity contribution is 7.89. The Bertz CT molecular complexity index is 1060. The minimum absolute atomic E-state index is 0.0770. The zero-order valence-corrected chi connectivity index (χ0v) is 16.5. The molecule has 28 heavy (non-hydrogen) atoms. The normalized spacial score (nSPS) is 11.9. The first kappa shape index (κ1) is 20.0. The first-order valence-corrected chi connectivity index (χ1v) is 10.7.